The quantitative estimate of drug-likeness (QED) is 0.848. The van der Waals surface area contributed by atoms with Crippen LogP contribution in [0, 0.1) is 0 Å². The van der Waals surface area contributed by atoms with Gasteiger partial charge in [-0.2, -0.15) is 4.98 Å². The number of hydrogen-bond donors (Lipinski definition) is 1. The number of ether oxygens (including phenoxy) is 1. The van der Waals surface area contributed by atoms with E-state index in [0.29, 0.717) is 0 Å². The zero-order valence-corrected chi connectivity index (χ0v) is 11.6. The Morgan fingerprint density at radius 1 is 1.40 bits per heavy atom. The molecule has 0 bridgehead atoms. The minimum absolute atomic E-state index is 0.205. The standard InChI is InChI=1S/C15H19N3O2/c1-19-10-4-7-14-17-15(20-18-14)12-8-9-16-13-6-3-2-5-11(12)13/h2-3,5-6,12,16H,4,7-10H2,1H3. The molecular weight excluding hydrogens is 254 g/mol. The van der Waals surface area contributed by atoms with Crippen LogP contribution in [-0.2, 0) is 11.2 Å². The summed E-state index contributed by atoms with van der Waals surface area (Å²) < 4.78 is 10.5. The van der Waals surface area contributed by atoms with E-state index in [-0.39, 0.29) is 5.92 Å². The normalized spacial score (nSPS) is 17.6. The number of aromatic nitrogens is 2. The Hall–Kier alpha value is -1.88. The van der Waals surface area contributed by atoms with E-state index < -0.39 is 0 Å². The average molecular weight is 273 g/mol. The van der Waals surface area contributed by atoms with Crippen LogP contribution in [0.15, 0.2) is 28.8 Å². The van der Waals surface area contributed by atoms with Crippen molar-refractivity contribution in [3.63, 3.8) is 0 Å². The Kier molecular flexibility index (Phi) is 3.97. The molecule has 0 spiro atoms. The van der Waals surface area contributed by atoms with Crippen LogP contribution in [0.5, 0.6) is 0 Å². The molecule has 0 aliphatic carbocycles. The van der Waals surface area contributed by atoms with Crippen LogP contribution in [0.3, 0.4) is 0 Å². The second-order valence-corrected chi connectivity index (χ2v) is 5.00. The first kappa shape index (κ1) is 13.1. The molecule has 0 saturated carbocycles. The highest BCUT2D eigenvalue weighted by Crippen LogP contribution is 2.35. The summed E-state index contributed by atoms with van der Waals surface area (Å²) in [5.74, 6) is 1.70. The zero-order valence-electron chi connectivity index (χ0n) is 11.6. The van der Waals surface area contributed by atoms with Crippen LogP contribution in [0.1, 0.15) is 36.0 Å². The van der Waals surface area contributed by atoms with Gasteiger partial charge in [-0.1, -0.05) is 23.4 Å². The molecule has 1 aliphatic heterocycles. The highest BCUT2D eigenvalue weighted by atomic mass is 16.5. The second-order valence-electron chi connectivity index (χ2n) is 5.00. The van der Waals surface area contributed by atoms with E-state index >= 15 is 0 Å². The molecule has 1 aromatic heterocycles. The summed E-state index contributed by atoms with van der Waals surface area (Å²) in [6.45, 7) is 1.66. The average Bonchev–Trinajstić information content (AvgIpc) is 2.96. The van der Waals surface area contributed by atoms with Crippen molar-refractivity contribution in [3.8, 4) is 0 Å². The molecule has 1 aliphatic rings. The highest BCUT2D eigenvalue weighted by Gasteiger charge is 2.26. The predicted octanol–water partition coefficient (Wildman–Crippen LogP) is 2.60. The van der Waals surface area contributed by atoms with Crippen LogP contribution in [0.4, 0.5) is 5.69 Å². The number of para-hydroxylation sites is 1. The van der Waals surface area contributed by atoms with Crippen molar-refractivity contribution in [2.24, 2.45) is 0 Å². The molecule has 106 valence electrons. The molecule has 5 nitrogen and oxygen atoms in total. The Morgan fingerprint density at radius 2 is 2.30 bits per heavy atom. The molecular formula is C15H19N3O2. The highest BCUT2D eigenvalue weighted by molar-refractivity contribution is 5.56. The number of benzene rings is 1. The van der Waals surface area contributed by atoms with Gasteiger partial charge in [-0.25, -0.2) is 0 Å². The number of hydrogen-bond acceptors (Lipinski definition) is 5. The number of rotatable bonds is 5. The SMILES string of the molecule is COCCCc1noc(C2CCNc3ccccc32)n1. The van der Waals surface area contributed by atoms with Gasteiger partial charge < -0.3 is 14.6 Å². The maximum atomic E-state index is 5.46. The third kappa shape index (κ3) is 2.67. The Morgan fingerprint density at radius 3 is 3.20 bits per heavy atom. The van der Waals surface area contributed by atoms with Gasteiger partial charge in [0.25, 0.3) is 0 Å². The maximum absolute atomic E-state index is 5.46. The summed E-state index contributed by atoms with van der Waals surface area (Å²) in [6, 6.07) is 8.31. The Labute approximate surface area is 118 Å². The monoisotopic (exact) mass is 273 g/mol. The number of methoxy groups -OCH3 is 1. The summed E-state index contributed by atoms with van der Waals surface area (Å²) in [5.41, 5.74) is 2.41. The summed E-state index contributed by atoms with van der Waals surface area (Å²) in [4.78, 5) is 4.54. The van der Waals surface area contributed by atoms with Gasteiger partial charge in [-0.05, 0) is 24.5 Å². The van der Waals surface area contributed by atoms with Crippen molar-refractivity contribution in [2.75, 3.05) is 25.6 Å². The number of aryl methyl sites for hydroxylation is 1. The van der Waals surface area contributed by atoms with Gasteiger partial charge in [0.1, 0.15) is 0 Å². The molecule has 1 atom stereocenters. The lowest BCUT2D eigenvalue weighted by Crippen LogP contribution is -2.17. The Balaban J connectivity index is 1.77. The number of nitrogens with one attached hydrogen (secondary N) is 1. The summed E-state index contributed by atoms with van der Waals surface area (Å²) in [7, 11) is 1.70. The first-order valence-corrected chi connectivity index (χ1v) is 7.02. The van der Waals surface area contributed by atoms with Crippen molar-refractivity contribution in [1.29, 1.82) is 0 Å². The first-order chi connectivity index (χ1) is 9.88. The van der Waals surface area contributed by atoms with Gasteiger partial charge in [-0.15, -0.1) is 0 Å². The van der Waals surface area contributed by atoms with E-state index in [0.717, 1.165) is 44.1 Å². The summed E-state index contributed by atoms with van der Waals surface area (Å²) in [5, 5.41) is 7.48. The lowest BCUT2D eigenvalue weighted by molar-refractivity contribution is 0.194. The number of fused-ring (bicyclic) bond motifs is 1. The first-order valence-electron chi connectivity index (χ1n) is 7.02. The molecule has 0 radical (unpaired) electrons. The topological polar surface area (TPSA) is 60.2 Å². The van der Waals surface area contributed by atoms with Crippen LogP contribution < -0.4 is 5.32 Å². The third-order valence-corrected chi connectivity index (χ3v) is 3.62. The molecule has 0 amide bonds. The largest absolute Gasteiger partial charge is 0.385 e. The molecule has 1 N–H and O–H groups in total. The van der Waals surface area contributed by atoms with Crippen molar-refractivity contribution in [3.05, 3.63) is 41.5 Å². The molecule has 1 unspecified atom stereocenters. The lowest BCUT2D eigenvalue weighted by atomic mass is 9.91. The molecule has 20 heavy (non-hydrogen) atoms. The molecule has 2 heterocycles. The van der Waals surface area contributed by atoms with E-state index in [1.807, 2.05) is 6.07 Å². The summed E-state index contributed by atoms with van der Waals surface area (Å²) in [6.07, 6.45) is 2.69. The smallest absolute Gasteiger partial charge is 0.234 e. The molecule has 3 rings (SSSR count). The van der Waals surface area contributed by atoms with Crippen LogP contribution in [-0.4, -0.2) is 30.4 Å². The van der Waals surface area contributed by atoms with Crippen molar-refractivity contribution < 1.29 is 9.26 Å². The molecule has 1 aromatic carbocycles. The van der Waals surface area contributed by atoms with Gasteiger partial charge in [0.2, 0.25) is 5.89 Å². The van der Waals surface area contributed by atoms with E-state index in [9.17, 15) is 0 Å². The minimum atomic E-state index is 0.205. The van der Waals surface area contributed by atoms with Gasteiger partial charge in [0, 0.05) is 32.4 Å². The predicted molar refractivity (Wildman–Crippen MR) is 75.9 cm³/mol. The second kappa shape index (κ2) is 6.05. The van der Waals surface area contributed by atoms with E-state index in [1.165, 1.54) is 11.3 Å². The molecule has 2 aromatic rings. The van der Waals surface area contributed by atoms with Crippen LogP contribution in [0.2, 0.25) is 0 Å². The van der Waals surface area contributed by atoms with Gasteiger partial charge in [0.15, 0.2) is 5.82 Å². The fourth-order valence-electron chi connectivity index (χ4n) is 2.61. The number of nitrogens with zero attached hydrogens (tertiary/aromatic N) is 2. The zero-order chi connectivity index (χ0) is 13.8. The molecule has 5 heteroatoms. The lowest BCUT2D eigenvalue weighted by Gasteiger charge is -2.23. The van der Waals surface area contributed by atoms with Crippen molar-refractivity contribution >= 4 is 5.69 Å². The fraction of sp³-hybridized carbons (Fsp3) is 0.467. The van der Waals surface area contributed by atoms with Gasteiger partial charge in [0.05, 0.1) is 5.92 Å². The number of anilines is 1. The molecule has 0 fully saturated rings. The van der Waals surface area contributed by atoms with E-state index in [4.69, 9.17) is 9.26 Å². The molecule has 0 saturated heterocycles. The third-order valence-electron chi connectivity index (χ3n) is 3.62. The fourth-order valence-corrected chi connectivity index (χ4v) is 2.61. The van der Waals surface area contributed by atoms with Gasteiger partial charge in [-0.3, -0.25) is 0 Å². The van der Waals surface area contributed by atoms with Crippen molar-refractivity contribution in [2.45, 2.75) is 25.2 Å². The van der Waals surface area contributed by atoms with E-state index in [2.05, 4.69) is 33.7 Å². The Bertz CT molecular complexity index is 568. The minimum Gasteiger partial charge on any atom is -0.385 e. The van der Waals surface area contributed by atoms with Crippen LogP contribution >= 0.6 is 0 Å². The maximum Gasteiger partial charge on any atom is 0.234 e. The van der Waals surface area contributed by atoms with Gasteiger partial charge >= 0.3 is 0 Å². The van der Waals surface area contributed by atoms with Crippen LogP contribution in [0.25, 0.3) is 0 Å². The van der Waals surface area contributed by atoms with E-state index in [1.54, 1.807) is 7.11 Å². The van der Waals surface area contributed by atoms with Crippen molar-refractivity contribution in [1.82, 2.24) is 10.1 Å². The summed E-state index contributed by atoms with van der Waals surface area (Å²) >= 11 is 0.